The van der Waals surface area contributed by atoms with Crippen molar-refractivity contribution in [3.8, 4) is 10.7 Å². The minimum absolute atomic E-state index is 0.0368. The highest BCUT2D eigenvalue weighted by atomic mass is 32.1. The van der Waals surface area contributed by atoms with Crippen LogP contribution in [0.1, 0.15) is 37.3 Å². The van der Waals surface area contributed by atoms with E-state index in [0.717, 1.165) is 16.4 Å². The largest absolute Gasteiger partial charge is 0.306 e. The highest BCUT2D eigenvalue weighted by Crippen LogP contribution is 2.33. The molecule has 0 unspecified atom stereocenters. The topological polar surface area (TPSA) is 45.8 Å². The van der Waals surface area contributed by atoms with Crippen molar-refractivity contribution in [2.24, 2.45) is 0 Å². The van der Waals surface area contributed by atoms with Gasteiger partial charge < -0.3 is 4.98 Å². The Hall–Kier alpha value is -1.42. The molecule has 2 heterocycles. The van der Waals surface area contributed by atoms with Crippen LogP contribution in [-0.2, 0) is 0 Å². The number of rotatable bonds is 2. The monoisotopic (exact) mass is 246 g/mol. The summed E-state index contributed by atoms with van der Waals surface area (Å²) >= 11 is 1.60. The molecule has 1 aliphatic rings. The summed E-state index contributed by atoms with van der Waals surface area (Å²) in [6.45, 7) is 0. The summed E-state index contributed by atoms with van der Waals surface area (Å²) in [5, 5.41) is 2.00. The van der Waals surface area contributed by atoms with E-state index in [4.69, 9.17) is 0 Å². The first-order chi connectivity index (χ1) is 8.33. The van der Waals surface area contributed by atoms with E-state index in [1.54, 1.807) is 17.4 Å². The van der Waals surface area contributed by atoms with Gasteiger partial charge in [0.15, 0.2) is 0 Å². The maximum absolute atomic E-state index is 11.7. The van der Waals surface area contributed by atoms with Crippen LogP contribution in [0.3, 0.4) is 0 Å². The number of nitrogens with zero attached hydrogens (tertiary/aromatic N) is 1. The lowest BCUT2D eigenvalue weighted by atomic mass is 10.0. The van der Waals surface area contributed by atoms with Gasteiger partial charge in [-0.1, -0.05) is 18.9 Å². The van der Waals surface area contributed by atoms with Gasteiger partial charge in [0.2, 0.25) is 0 Å². The highest BCUT2D eigenvalue weighted by Gasteiger charge is 2.19. The van der Waals surface area contributed by atoms with Crippen LogP contribution in [0, 0.1) is 0 Å². The van der Waals surface area contributed by atoms with E-state index in [-0.39, 0.29) is 5.56 Å². The molecule has 0 spiro atoms. The second kappa shape index (κ2) is 4.45. The fourth-order valence-corrected chi connectivity index (χ4v) is 3.11. The molecule has 3 rings (SSSR count). The molecule has 4 heteroatoms. The number of thiophene rings is 1. The summed E-state index contributed by atoms with van der Waals surface area (Å²) in [5.41, 5.74) is 0.931. The zero-order valence-electron chi connectivity index (χ0n) is 9.48. The Morgan fingerprint density at radius 1 is 1.35 bits per heavy atom. The van der Waals surface area contributed by atoms with Crippen molar-refractivity contribution >= 4 is 11.3 Å². The molecular formula is C13H14N2OS. The van der Waals surface area contributed by atoms with Crippen LogP contribution in [0.25, 0.3) is 10.7 Å². The molecular weight excluding hydrogens is 232 g/mol. The fraction of sp³-hybridized carbons (Fsp3) is 0.385. The molecule has 0 aromatic carbocycles. The summed E-state index contributed by atoms with van der Waals surface area (Å²) in [6, 6.07) is 5.62. The average molecular weight is 246 g/mol. The van der Waals surface area contributed by atoms with Crippen molar-refractivity contribution in [3.63, 3.8) is 0 Å². The zero-order valence-corrected chi connectivity index (χ0v) is 10.3. The molecule has 1 saturated carbocycles. The third kappa shape index (κ3) is 2.17. The summed E-state index contributed by atoms with van der Waals surface area (Å²) in [6.07, 6.45) is 4.85. The molecule has 0 aliphatic heterocycles. The van der Waals surface area contributed by atoms with Gasteiger partial charge in [-0.25, -0.2) is 4.98 Å². The first-order valence-electron chi connectivity index (χ1n) is 5.98. The van der Waals surface area contributed by atoms with Gasteiger partial charge in [0, 0.05) is 12.0 Å². The summed E-state index contributed by atoms with van der Waals surface area (Å²) in [7, 11) is 0. The van der Waals surface area contributed by atoms with E-state index in [2.05, 4.69) is 9.97 Å². The van der Waals surface area contributed by atoms with Crippen LogP contribution >= 0.6 is 11.3 Å². The SMILES string of the molecule is O=c1cc(C2CCCC2)nc(-c2cccs2)[nH]1. The minimum Gasteiger partial charge on any atom is -0.306 e. The number of aromatic nitrogens is 2. The predicted molar refractivity (Wildman–Crippen MR) is 69.4 cm³/mol. The Morgan fingerprint density at radius 2 is 2.18 bits per heavy atom. The number of nitrogens with one attached hydrogen (secondary N) is 1. The zero-order chi connectivity index (χ0) is 11.7. The molecule has 88 valence electrons. The van der Waals surface area contributed by atoms with Gasteiger partial charge in [0.05, 0.1) is 10.6 Å². The van der Waals surface area contributed by atoms with Gasteiger partial charge in [-0.05, 0) is 24.3 Å². The first-order valence-corrected chi connectivity index (χ1v) is 6.86. The van der Waals surface area contributed by atoms with Crippen molar-refractivity contribution in [1.29, 1.82) is 0 Å². The normalized spacial score (nSPS) is 16.5. The standard InChI is InChI=1S/C13H14N2OS/c16-12-8-10(9-4-1-2-5-9)14-13(15-12)11-6-3-7-17-11/h3,6-9H,1-2,4-5H2,(H,14,15,16). The van der Waals surface area contributed by atoms with E-state index >= 15 is 0 Å². The second-order valence-corrected chi connectivity index (χ2v) is 5.43. The predicted octanol–water partition coefficient (Wildman–Crippen LogP) is 3.16. The van der Waals surface area contributed by atoms with Crippen LogP contribution in [0.4, 0.5) is 0 Å². The van der Waals surface area contributed by atoms with Gasteiger partial charge in [-0.2, -0.15) is 0 Å². The maximum atomic E-state index is 11.7. The number of H-pyrrole nitrogens is 1. The third-order valence-corrected chi connectivity index (χ3v) is 4.17. The molecule has 17 heavy (non-hydrogen) atoms. The Labute approximate surface area is 104 Å². The van der Waals surface area contributed by atoms with E-state index < -0.39 is 0 Å². The summed E-state index contributed by atoms with van der Waals surface area (Å²) in [4.78, 5) is 20.1. The second-order valence-electron chi connectivity index (χ2n) is 4.48. The summed E-state index contributed by atoms with van der Waals surface area (Å²) < 4.78 is 0. The van der Waals surface area contributed by atoms with Crippen LogP contribution in [-0.4, -0.2) is 9.97 Å². The van der Waals surface area contributed by atoms with Crippen LogP contribution in [0.2, 0.25) is 0 Å². The molecule has 0 bridgehead atoms. The van der Waals surface area contributed by atoms with Crippen molar-refractivity contribution in [3.05, 3.63) is 39.6 Å². The van der Waals surface area contributed by atoms with Crippen molar-refractivity contribution in [1.82, 2.24) is 9.97 Å². The molecule has 0 amide bonds. The van der Waals surface area contributed by atoms with Gasteiger partial charge in [-0.15, -0.1) is 11.3 Å². The van der Waals surface area contributed by atoms with Crippen LogP contribution < -0.4 is 5.56 Å². The third-order valence-electron chi connectivity index (χ3n) is 3.29. The number of hydrogen-bond donors (Lipinski definition) is 1. The average Bonchev–Trinajstić information content (AvgIpc) is 3.02. The Bertz CT molecular complexity index is 553. The quantitative estimate of drug-likeness (QED) is 0.884. The molecule has 0 radical (unpaired) electrons. The molecule has 3 nitrogen and oxygen atoms in total. The molecule has 2 aromatic heterocycles. The van der Waals surface area contributed by atoms with E-state index in [0.29, 0.717) is 5.92 Å². The van der Waals surface area contributed by atoms with Crippen molar-refractivity contribution in [2.75, 3.05) is 0 Å². The summed E-state index contributed by atoms with van der Waals surface area (Å²) in [5.74, 6) is 1.20. The Morgan fingerprint density at radius 3 is 2.88 bits per heavy atom. The smallest absolute Gasteiger partial charge is 0.251 e. The lowest BCUT2D eigenvalue weighted by Crippen LogP contribution is -2.11. The van der Waals surface area contributed by atoms with Gasteiger partial charge in [0.25, 0.3) is 5.56 Å². The van der Waals surface area contributed by atoms with E-state index in [9.17, 15) is 4.79 Å². The van der Waals surface area contributed by atoms with Crippen LogP contribution in [0.15, 0.2) is 28.4 Å². The minimum atomic E-state index is -0.0368. The van der Waals surface area contributed by atoms with Gasteiger partial charge in [-0.3, -0.25) is 4.79 Å². The first kappa shape index (κ1) is 10.7. The van der Waals surface area contributed by atoms with E-state index in [1.807, 2.05) is 17.5 Å². The molecule has 1 N–H and O–H groups in total. The molecule has 2 aromatic rings. The maximum Gasteiger partial charge on any atom is 0.251 e. The van der Waals surface area contributed by atoms with Gasteiger partial charge in [0.1, 0.15) is 5.82 Å². The molecule has 0 saturated heterocycles. The van der Waals surface area contributed by atoms with E-state index in [1.165, 1.54) is 25.7 Å². The fourth-order valence-electron chi connectivity index (χ4n) is 2.44. The molecule has 1 aliphatic carbocycles. The lowest BCUT2D eigenvalue weighted by Gasteiger charge is -2.08. The van der Waals surface area contributed by atoms with Crippen molar-refractivity contribution < 1.29 is 0 Å². The Kier molecular flexibility index (Phi) is 2.81. The van der Waals surface area contributed by atoms with Crippen molar-refractivity contribution in [2.45, 2.75) is 31.6 Å². The van der Waals surface area contributed by atoms with Gasteiger partial charge >= 0.3 is 0 Å². The number of hydrogen-bond acceptors (Lipinski definition) is 3. The number of aromatic amines is 1. The molecule has 0 atom stereocenters. The molecule has 1 fully saturated rings. The lowest BCUT2D eigenvalue weighted by molar-refractivity contribution is 0.693. The highest BCUT2D eigenvalue weighted by molar-refractivity contribution is 7.13. The Balaban J connectivity index is 2.03. The van der Waals surface area contributed by atoms with Crippen LogP contribution in [0.5, 0.6) is 0 Å².